The minimum atomic E-state index is -0.216. The van der Waals surface area contributed by atoms with E-state index in [1.165, 1.54) is 0 Å². The van der Waals surface area contributed by atoms with Crippen LogP contribution in [0.15, 0.2) is 51.5 Å². The highest BCUT2D eigenvalue weighted by molar-refractivity contribution is 7.98. The van der Waals surface area contributed by atoms with Crippen LogP contribution in [0.25, 0.3) is 11.0 Å². The molecule has 6 heteroatoms. The van der Waals surface area contributed by atoms with Crippen LogP contribution in [-0.4, -0.2) is 24.8 Å². The number of carbonyl (C=O) groups excluding carboxylic acids is 1. The summed E-state index contributed by atoms with van der Waals surface area (Å²) in [7, 11) is 0. The summed E-state index contributed by atoms with van der Waals surface area (Å²) in [6, 6.07) is 11.2. The summed E-state index contributed by atoms with van der Waals surface area (Å²) in [6.45, 7) is 3.03. The normalized spacial score (nSPS) is 10.9. The van der Waals surface area contributed by atoms with E-state index in [0.717, 1.165) is 22.7 Å². The number of thioether (sulfide) groups is 1. The quantitative estimate of drug-likeness (QED) is 0.623. The summed E-state index contributed by atoms with van der Waals surface area (Å²) in [5.41, 5.74) is 0.608. The SMILES string of the molecule is CCOc1cccc2cc(C(=O)NCCSCc3ccco3)oc12. The molecule has 0 bridgehead atoms. The first-order valence-corrected chi connectivity index (χ1v) is 8.97. The number of benzene rings is 1. The van der Waals surface area contributed by atoms with Crippen molar-refractivity contribution in [1.29, 1.82) is 0 Å². The Morgan fingerprint density at radius 3 is 3.00 bits per heavy atom. The van der Waals surface area contributed by atoms with Gasteiger partial charge in [0.25, 0.3) is 5.91 Å². The van der Waals surface area contributed by atoms with Gasteiger partial charge < -0.3 is 18.9 Å². The number of nitrogens with one attached hydrogen (secondary N) is 1. The summed E-state index contributed by atoms with van der Waals surface area (Å²) in [4.78, 5) is 12.2. The monoisotopic (exact) mass is 345 g/mol. The summed E-state index contributed by atoms with van der Waals surface area (Å²) in [5, 5.41) is 3.73. The van der Waals surface area contributed by atoms with Crippen LogP contribution in [0.4, 0.5) is 0 Å². The number of furan rings is 2. The van der Waals surface area contributed by atoms with Gasteiger partial charge in [-0.2, -0.15) is 11.8 Å². The predicted octanol–water partition coefficient (Wildman–Crippen LogP) is 4.09. The Balaban J connectivity index is 1.53. The summed E-state index contributed by atoms with van der Waals surface area (Å²) in [5.74, 6) is 3.28. The van der Waals surface area contributed by atoms with Gasteiger partial charge in [0.15, 0.2) is 17.1 Å². The largest absolute Gasteiger partial charge is 0.490 e. The average Bonchev–Trinajstić information content (AvgIpc) is 3.24. The molecule has 0 fully saturated rings. The molecule has 2 aromatic heterocycles. The molecule has 3 aromatic rings. The Labute approximate surface area is 144 Å². The van der Waals surface area contributed by atoms with Crippen molar-refractivity contribution in [1.82, 2.24) is 5.32 Å². The molecule has 1 amide bonds. The maximum atomic E-state index is 12.2. The Bertz CT molecular complexity index is 795. The Morgan fingerprint density at radius 2 is 2.21 bits per heavy atom. The number of hydrogen-bond acceptors (Lipinski definition) is 5. The van der Waals surface area contributed by atoms with Gasteiger partial charge in [-0.05, 0) is 31.2 Å². The number of ether oxygens (including phenoxy) is 1. The second-order valence-electron chi connectivity index (χ2n) is 5.11. The molecule has 0 atom stereocenters. The maximum absolute atomic E-state index is 12.2. The lowest BCUT2D eigenvalue weighted by molar-refractivity contribution is 0.0930. The predicted molar refractivity (Wildman–Crippen MR) is 94.6 cm³/mol. The average molecular weight is 345 g/mol. The maximum Gasteiger partial charge on any atom is 0.287 e. The van der Waals surface area contributed by atoms with E-state index in [0.29, 0.717) is 30.2 Å². The highest BCUT2D eigenvalue weighted by Crippen LogP contribution is 2.28. The number of para-hydroxylation sites is 1. The molecule has 1 N–H and O–H groups in total. The molecule has 0 aliphatic rings. The van der Waals surface area contributed by atoms with E-state index in [-0.39, 0.29) is 5.91 Å². The van der Waals surface area contributed by atoms with Gasteiger partial charge in [-0.1, -0.05) is 12.1 Å². The third kappa shape index (κ3) is 3.94. The fourth-order valence-electron chi connectivity index (χ4n) is 2.31. The molecule has 0 spiro atoms. The zero-order valence-electron chi connectivity index (χ0n) is 13.4. The summed E-state index contributed by atoms with van der Waals surface area (Å²) in [6.07, 6.45) is 1.66. The second-order valence-corrected chi connectivity index (χ2v) is 6.21. The molecule has 5 nitrogen and oxygen atoms in total. The molecule has 0 saturated heterocycles. The van der Waals surface area contributed by atoms with Gasteiger partial charge in [0.05, 0.1) is 18.6 Å². The Hall–Kier alpha value is -2.34. The minimum Gasteiger partial charge on any atom is -0.490 e. The van der Waals surface area contributed by atoms with E-state index in [2.05, 4.69) is 5.32 Å². The van der Waals surface area contributed by atoms with E-state index in [9.17, 15) is 4.79 Å². The van der Waals surface area contributed by atoms with E-state index in [1.54, 1.807) is 24.1 Å². The molecule has 24 heavy (non-hydrogen) atoms. The van der Waals surface area contributed by atoms with Crippen molar-refractivity contribution >= 4 is 28.6 Å². The van der Waals surface area contributed by atoms with Gasteiger partial charge in [-0.25, -0.2) is 0 Å². The van der Waals surface area contributed by atoms with Crippen LogP contribution in [0, 0.1) is 0 Å². The van der Waals surface area contributed by atoms with Gasteiger partial charge in [0, 0.05) is 17.7 Å². The van der Waals surface area contributed by atoms with Gasteiger partial charge >= 0.3 is 0 Å². The van der Waals surface area contributed by atoms with Gasteiger partial charge in [-0.3, -0.25) is 4.79 Å². The zero-order valence-corrected chi connectivity index (χ0v) is 14.2. The van der Waals surface area contributed by atoms with Gasteiger partial charge in [-0.15, -0.1) is 0 Å². The van der Waals surface area contributed by atoms with Crippen molar-refractivity contribution in [3.8, 4) is 5.75 Å². The lowest BCUT2D eigenvalue weighted by Gasteiger charge is -2.03. The first-order valence-electron chi connectivity index (χ1n) is 7.81. The smallest absolute Gasteiger partial charge is 0.287 e. The van der Waals surface area contributed by atoms with E-state index in [1.807, 2.05) is 37.3 Å². The van der Waals surface area contributed by atoms with Crippen LogP contribution in [0.2, 0.25) is 0 Å². The van der Waals surface area contributed by atoms with Crippen LogP contribution >= 0.6 is 11.8 Å². The van der Waals surface area contributed by atoms with Gasteiger partial charge in [0.1, 0.15) is 5.76 Å². The number of rotatable bonds is 8. The van der Waals surface area contributed by atoms with Crippen LogP contribution in [0.3, 0.4) is 0 Å². The highest BCUT2D eigenvalue weighted by Gasteiger charge is 2.14. The fourth-order valence-corrected chi connectivity index (χ4v) is 3.06. The van der Waals surface area contributed by atoms with Crippen molar-refractivity contribution in [3.63, 3.8) is 0 Å². The molecule has 126 valence electrons. The second kappa shape index (κ2) is 7.97. The van der Waals surface area contributed by atoms with Crippen LogP contribution < -0.4 is 10.1 Å². The molecular formula is C18H19NO4S. The van der Waals surface area contributed by atoms with Crippen molar-refractivity contribution in [2.75, 3.05) is 18.9 Å². The Morgan fingerprint density at radius 1 is 1.29 bits per heavy atom. The number of fused-ring (bicyclic) bond motifs is 1. The molecule has 3 rings (SSSR count). The highest BCUT2D eigenvalue weighted by atomic mass is 32.2. The molecule has 0 aliphatic heterocycles. The number of hydrogen-bond donors (Lipinski definition) is 1. The van der Waals surface area contributed by atoms with E-state index >= 15 is 0 Å². The van der Waals surface area contributed by atoms with E-state index < -0.39 is 0 Å². The topological polar surface area (TPSA) is 64.6 Å². The lowest BCUT2D eigenvalue weighted by atomic mass is 10.2. The van der Waals surface area contributed by atoms with Gasteiger partial charge in [0.2, 0.25) is 0 Å². The van der Waals surface area contributed by atoms with E-state index in [4.69, 9.17) is 13.6 Å². The van der Waals surface area contributed by atoms with Crippen molar-refractivity contribution in [2.45, 2.75) is 12.7 Å². The first kappa shape index (κ1) is 16.5. The zero-order chi connectivity index (χ0) is 16.8. The van der Waals surface area contributed by atoms with Crippen molar-refractivity contribution < 1.29 is 18.4 Å². The molecule has 0 saturated carbocycles. The lowest BCUT2D eigenvalue weighted by Crippen LogP contribution is -2.25. The molecule has 2 heterocycles. The van der Waals surface area contributed by atoms with Crippen LogP contribution in [0.1, 0.15) is 23.2 Å². The fraction of sp³-hybridized carbons (Fsp3) is 0.278. The summed E-state index contributed by atoms with van der Waals surface area (Å²) >= 11 is 1.70. The molecule has 0 radical (unpaired) electrons. The molecular weight excluding hydrogens is 326 g/mol. The third-order valence-electron chi connectivity index (χ3n) is 3.39. The molecule has 1 aromatic carbocycles. The molecule has 0 unspecified atom stereocenters. The van der Waals surface area contributed by atoms with Crippen molar-refractivity contribution in [3.05, 3.63) is 54.2 Å². The van der Waals surface area contributed by atoms with Crippen LogP contribution in [-0.2, 0) is 5.75 Å². The number of carbonyl (C=O) groups is 1. The van der Waals surface area contributed by atoms with Crippen molar-refractivity contribution in [2.24, 2.45) is 0 Å². The molecule has 0 aliphatic carbocycles. The minimum absolute atomic E-state index is 0.216. The van der Waals surface area contributed by atoms with Crippen LogP contribution in [0.5, 0.6) is 5.75 Å². The summed E-state index contributed by atoms with van der Waals surface area (Å²) < 4.78 is 16.5. The first-order chi connectivity index (χ1) is 11.8. The standard InChI is InChI=1S/C18H19NO4S/c1-2-21-15-7-3-5-13-11-16(23-17(13)15)18(20)19-8-10-24-12-14-6-4-9-22-14/h3-7,9,11H,2,8,10,12H2,1H3,(H,19,20). The Kier molecular flexibility index (Phi) is 5.48. The third-order valence-corrected chi connectivity index (χ3v) is 4.37. The number of amides is 1.